The number of rotatable bonds is 0. The molecule has 0 N–H and O–H groups in total. The molecule has 0 amide bonds. The molecule has 0 aliphatic heterocycles. The van der Waals surface area contributed by atoms with Gasteiger partial charge in [0.2, 0.25) is 0 Å². The van der Waals surface area contributed by atoms with Crippen LogP contribution in [-0.2, 0) is 0 Å². The van der Waals surface area contributed by atoms with E-state index in [-0.39, 0.29) is 0 Å². The zero-order valence-electron chi connectivity index (χ0n) is 5.72. The van der Waals surface area contributed by atoms with Crippen LogP contribution in [0.1, 0.15) is 20.3 Å². The van der Waals surface area contributed by atoms with Crippen LogP contribution < -0.4 is 0 Å². The minimum atomic E-state index is -3.82. The minimum absolute atomic E-state index is 0.715. The SMILES string of the molecule is CC1(C)CC(F)(F)C1(F)F. The van der Waals surface area contributed by atoms with Crippen LogP contribution >= 0.6 is 0 Å². The summed E-state index contributed by atoms with van der Waals surface area (Å²) < 4.78 is 48.8. The van der Waals surface area contributed by atoms with Crippen molar-refractivity contribution in [3.05, 3.63) is 0 Å². The Balaban J connectivity index is 2.85. The lowest BCUT2D eigenvalue weighted by molar-refractivity contribution is -0.347. The van der Waals surface area contributed by atoms with Crippen LogP contribution in [0, 0.1) is 5.41 Å². The van der Waals surface area contributed by atoms with Crippen LogP contribution in [0.5, 0.6) is 0 Å². The van der Waals surface area contributed by atoms with Gasteiger partial charge in [0.15, 0.2) is 0 Å². The van der Waals surface area contributed by atoms with Crippen molar-refractivity contribution in [1.29, 1.82) is 0 Å². The molecular formula is C6H8F4. The van der Waals surface area contributed by atoms with Crippen LogP contribution in [0.3, 0.4) is 0 Å². The molecule has 0 aromatic heterocycles. The first kappa shape index (κ1) is 7.82. The second kappa shape index (κ2) is 1.48. The first-order valence-corrected chi connectivity index (χ1v) is 2.96. The molecule has 1 saturated carbocycles. The highest BCUT2D eigenvalue weighted by Crippen LogP contribution is 2.62. The summed E-state index contributed by atoms with van der Waals surface area (Å²) in [5.74, 6) is -7.60. The highest BCUT2D eigenvalue weighted by molar-refractivity contribution is 5.08. The van der Waals surface area contributed by atoms with Crippen LogP contribution in [0.4, 0.5) is 17.6 Å². The molecule has 0 aromatic carbocycles. The van der Waals surface area contributed by atoms with Crippen LogP contribution in [0.25, 0.3) is 0 Å². The molecule has 0 spiro atoms. The van der Waals surface area contributed by atoms with Crippen molar-refractivity contribution >= 4 is 0 Å². The molecular weight excluding hydrogens is 148 g/mol. The molecule has 60 valence electrons. The Kier molecular flexibility index (Phi) is 1.16. The third-order valence-corrected chi connectivity index (χ3v) is 1.97. The number of alkyl halides is 4. The fourth-order valence-electron chi connectivity index (χ4n) is 1.17. The average Bonchev–Trinajstić information content (AvgIpc) is 1.61. The van der Waals surface area contributed by atoms with Crippen molar-refractivity contribution in [2.75, 3.05) is 0 Å². The molecule has 0 radical (unpaired) electrons. The van der Waals surface area contributed by atoms with E-state index in [4.69, 9.17) is 0 Å². The number of hydrogen-bond donors (Lipinski definition) is 0. The van der Waals surface area contributed by atoms with Gasteiger partial charge < -0.3 is 0 Å². The van der Waals surface area contributed by atoms with Gasteiger partial charge in [0.05, 0.1) is 0 Å². The lowest BCUT2D eigenvalue weighted by Gasteiger charge is -2.50. The van der Waals surface area contributed by atoms with E-state index in [2.05, 4.69) is 0 Å². The average molecular weight is 156 g/mol. The van der Waals surface area contributed by atoms with E-state index in [1.165, 1.54) is 0 Å². The molecule has 0 heterocycles. The summed E-state index contributed by atoms with van der Waals surface area (Å²) in [7, 11) is 0. The number of hydrogen-bond acceptors (Lipinski definition) is 0. The van der Waals surface area contributed by atoms with Crippen molar-refractivity contribution < 1.29 is 17.6 Å². The molecule has 10 heavy (non-hydrogen) atoms. The van der Waals surface area contributed by atoms with E-state index in [9.17, 15) is 17.6 Å². The van der Waals surface area contributed by atoms with E-state index in [1.807, 2.05) is 0 Å². The summed E-state index contributed by atoms with van der Waals surface area (Å²) >= 11 is 0. The largest absolute Gasteiger partial charge is 0.315 e. The standard InChI is InChI=1S/C6H8F4/c1-4(2)3-5(7,8)6(4,9)10/h3H2,1-2H3. The summed E-state index contributed by atoms with van der Waals surface area (Å²) in [6.07, 6.45) is -0.715. The Hall–Kier alpha value is -0.280. The molecule has 0 unspecified atom stereocenters. The van der Waals surface area contributed by atoms with E-state index in [0.717, 1.165) is 13.8 Å². The third-order valence-electron chi connectivity index (χ3n) is 1.97. The zero-order chi connectivity index (χ0) is 8.21. The van der Waals surface area contributed by atoms with Gasteiger partial charge >= 0.3 is 11.8 Å². The maximum atomic E-state index is 12.3. The predicted octanol–water partition coefficient (Wildman–Crippen LogP) is 2.69. The van der Waals surface area contributed by atoms with Gasteiger partial charge in [0, 0.05) is 11.8 Å². The maximum Gasteiger partial charge on any atom is 0.315 e. The van der Waals surface area contributed by atoms with Gasteiger partial charge in [0.25, 0.3) is 0 Å². The second-order valence-corrected chi connectivity index (χ2v) is 3.34. The molecule has 0 atom stereocenters. The quantitative estimate of drug-likeness (QED) is 0.473. The van der Waals surface area contributed by atoms with E-state index >= 15 is 0 Å². The molecule has 1 aliphatic carbocycles. The van der Waals surface area contributed by atoms with Gasteiger partial charge in [-0.25, -0.2) is 0 Å². The van der Waals surface area contributed by atoms with Crippen molar-refractivity contribution in [1.82, 2.24) is 0 Å². The van der Waals surface area contributed by atoms with Gasteiger partial charge in [-0.3, -0.25) is 0 Å². The predicted molar refractivity (Wildman–Crippen MR) is 28.3 cm³/mol. The van der Waals surface area contributed by atoms with Crippen molar-refractivity contribution in [2.24, 2.45) is 5.41 Å². The fourth-order valence-corrected chi connectivity index (χ4v) is 1.17. The topological polar surface area (TPSA) is 0 Å². The molecule has 0 aromatic rings. The van der Waals surface area contributed by atoms with Crippen LogP contribution in [0.2, 0.25) is 0 Å². The Morgan fingerprint density at radius 1 is 1.00 bits per heavy atom. The van der Waals surface area contributed by atoms with E-state index in [0.29, 0.717) is 0 Å². The third kappa shape index (κ3) is 0.620. The van der Waals surface area contributed by atoms with Gasteiger partial charge in [-0.1, -0.05) is 13.8 Å². The number of halogens is 4. The fraction of sp³-hybridized carbons (Fsp3) is 1.00. The minimum Gasteiger partial charge on any atom is -0.200 e. The lowest BCUT2D eigenvalue weighted by atomic mass is 9.65. The highest BCUT2D eigenvalue weighted by Gasteiger charge is 2.76. The Labute approximate surface area is 56.2 Å². The molecule has 4 heteroatoms. The monoisotopic (exact) mass is 156 g/mol. The summed E-state index contributed by atoms with van der Waals surface area (Å²) in [5.41, 5.74) is -1.53. The Bertz CT molecular complexity index is 143. The lowest BCUT2D eigenvalue weighted by Crippen LogP contribution is -2.63. The molecule has 1 rings (SSSR count). The van der Waals surface area contributed by atoms with Gasteiger partial charge in [-0.2, -0.15) is 17.6 Å². The normalized spacial score (nSPS) is 33.0. The van der Waals surface area contributed by atoms with E-state index in [1.54, 1.807) is 0 Å². The molecule has 0 nitrogen and oxygen atoms in total. The van der Waals surface area contributed by atoms with Crippen molar-refractivity contribution in [3.8, 4) is 0 Å². The van der Waals surface area contributed by atoms with Crippen molar-refractivity contribution in [2.45, 2.75) is 32.1 Å². The molecule has 0 bridgehead atoms. The smallest absolute Gasteiger partial charge is 0.200 e. The first-order valence-electron chi connectivity index (χ1n) is 2.96. The molecule has 1 fully saturated rings. The summed E-state index contributed by atoms with van der Waals surface area (Å²) in [5, 5.41) is 0. The second-order valence-electron chi connectivity index (χ2n) is 3.34. The van der Waals surface area contributed by atoms with E-state index < -0.39 is 23.7 Å². The van der Waals surface area contributed by atoms with Crippen LogP contribution in [0.15, 0.2) is 0 Å². The van der Waals surface area contributed by atoms with Gasteiger partial charge in [-0.05, 0) is 0 Å². The zero-order valence-corrected chi connectivity index (χ0v) is 5.72. The Morgan fingerprint density at radius 2 is 1.40 bits per heavy atom. The van der Waals surface area contributed by atoms with Crippen LogP contribution in [-0.4, -0.2) is 11.8 Å². The molecule has 1 aliphatic rings. The van der Waals surface area contributed by atoms with Crippen molar-refractivity contribution in [3.63, 3.8) is 0 Å². The summed E-state index contributed by atoms with van der Waals surface area (Å²) in [6.45, 7) is 2.29. The Morgan fingerprint density at radius 3 is 1.40 bits per heavy atom. The maximum absolute atomic E-state index is 12.3. The first-order chi connectivity index (χ1) is 4.21. The summed E-state index contributed by atoms with van der Waals surface area (Å²) in [4.78, 5) is 0. The van der Waals surface area contributed by atoms with Gasteiger partial charge in [-0.15, -0.1) is 0 Å². The van der Waals surface area contributed by atoms with Gasteiger partial charge in [0.1, 0.15) is 0 Å². The highest BCUT2D eigenvalue weighted by atomic mass is 19.3. The molecule has 0 saturated heterocycles. The summed E-state index contributed by atoms with van der Waals surface area (Å²) in [6, 6.07) is 0.